The number of carbonyl (C=O) groups excluding carboxylic acids is 1. The van der Waals surface area contributed by atoms with Gasteiger partial charge in [0.25, 0.3) is 0 Å². The third-order valence-electron chi connectivity index (χ3n) is 2.47. The van der Waals surface area contributed by atoms with E-state index in [0.717, 1.165) is 16.6 Å². The number of hydrogen-bond donors (Lipinski definition) is 0. The SMILES string of the molecule is Cc1cc(F)ccc1N(CC(=O)OC(C)C)S(C)(=O)=O. The summed E-state index contributed by atoms with van der Waals surface area (Å²) in [5.41, 5.74) is 0.683. The number of carbonyl (C=O) groups is 1. The minimum atomic E-state index is -3.67. The fourth-order valence-corrected chi connectivity index (χ4v) is 2.60. The Kier molecular flexibility index (Phi) is 5.10. The van der Waals surface area contributed by atoms with Gasteiger partial charge in [-0.15, -0.1) is 0 Å². The van der Waals surface area contributed by atoms with E-state index in [1.807, 2.05) is 0 Å². The Morgan fingerprint density at radius 1 is 1.40 bits per heavy atom. The summed E-state index contributed by atoms with van der Waals surface area (Å²) < 4.78 is 42.6. The van der Waals surface area contributed by atoms with E-state index in [9.17, 15) is 17.6 Å². The first-order valence-electron chi connectivity index (χ1n) is 6.04. The number of benzene rings is 1. The van der Waals surface area contributed by atoms with E-state index in [-0.39, 0.29) is 11.8 Å². The minimum absolute atomic E-state index is 0.259. The molecule has 0 aliphatic carbocycles. The molecule has 0 aliphatic rings. The number of anilines is 1. The summed E-state index contributed by atoms with van der Waals surface area (Å²) in [5.74, 6) is -1.13. The second-order valence-corrected chi connectivity index (χ2v) is 6.65. The van der Waals surface area contributed by atoms with Crippen LogP contribution in [0.1, 0.15) is 19.4 Å². The highest BCUT2D eigenvalue weighted by Gasteiger charge is 2.23. The normalized spacial score (nSPS) is 11.5. The van der Waals surface area contributed by atoms with Crippen LogP contribution in [-0.4, -0.2) is 33.3 Å². The molecule has 0 unspecified atom stereocenters. The summed E-state index contributed by atoms with van der Waals surface area (Å²) in [6, 6.07) is 3.68. The third-order valence-corrected chi connectivity index (χ3v) is 3.59. The highest BCUT2D eigenvalue weighted by Crippen LogP contribution is 2.23. The molecular formula is C13H18FNO4S. The maximum Gasteiger partial charge on any atom is 0.327 e. The van der Waals surface area contributed by atoms with Gasteiger partial charge in [0.05, 0.1) is 18.0 Å². The van der Waals surface area contributed by atoms with Crippen molar-refractivity contribution < 1.29 is 22.3 Å². The van der Waals surface area contributed by atoms with E-state index in [2.05, 4.69) is 0 Å². The van der Waals surface area contributed by atoms with Crippen LogP contribution in [0.25, 0.3) is 0 Å². The van der Waals surface area contributed by atoms with Crippen LogP contribution in [0.15, 0.2) is 18.2 Å². The second-order valence-electron chi connectivity index (χ2n) is 4.74. The highest BCUT2D eigenvalue weighted by atomic mass is 32.2. The first-order valence-corrected chi connectivity index (χ1v) is 7.89. The Morgan fingerprint density at radius 2 is 2.00 bits per heavy atom. The molecular weight excluding hydrogens is 285 g/mol. The topological polar surface area (TPSA) is 63.7 Å². The van der Waals surface area contributed by atoms with Crippen molar-refractivity contribution in [2.75, 3.05) is 17.1 Å². The molecule has 1 aromatic rings. The zero-order valence-corrected chi connectivity index (χ0v) is 12.7. The molecule has 112 valence electrons. The molecule has 0 atom stereocenters. The second kappa shape index (κ2) is 6.21. The summed E-state index contributed by atoms with van der Waals surface area (Å²) in [6.07, 6.45) is 0.650. The first kappa shape index (κ1) is 16.4. The average Bonchev–Trinajstić information content (AvgIpc) is 2.24. The van der Waals surface area contributed by atoms with Crippen LogP contribution < -0.4 is 4.31 Å². The monoisotopic (exact) mass is 303 g/mol. The molecule has 0 aliphatic heterocycles. The maximum atomic E-state index is 13.1. The lowest BCUT2D eigenvalue weighted by atomic mass is 10.2. The Balaban J connectivity index is 3.11. The van der Waals surface area contributed by atoms with Crippen molar-refractivity contribution in [1.82, 2.24) is 0 Å². The molecule has 0 bridgehead atoms. The van der Waals surface area contributed by atoms with E-state index in [0.29, 0.717) is 5.56 Å². The van der Waals surface area contributed by atoms with Crippen molar-refractivity contribution in [3.05, 3.63) is 29.6 Å². The Bertz CT molecular complexity index is 598. The van der Waals surface area contributed by atoms with Crippen LogP contribution >= 0.6 is 0 Å². The third kappa shape index (κ3) is 4.48. The first-order chi connectivity index (χ1) is 9.11. The van der Waals surface area contributed by atoms with E-state index < -0.39 is 28.4 Å². The Morgan fingerprint density at radius 3 is 2.45 bits per heavy atom. The van der Waals surface area contributed by atoms with Crippen molar-refractivity contribution in [2.24, 2.45) is 0 Å². The van der Waals surface area contributed by atoms with Crippen LogP contribution in [-0.2, 0) is 19.6 Å². The van der Waals surface area contributed by atoms with Crippen LogP contribution in [0, 0.1) is 12.7 Å². The molecule has 0 radical (unpaired) electrons. The van der Waals surface area contributed by atoms with Gasteiger partial charge < -0.3 is 4.74 Å². The molecule has 0 heterocycles. The van der Waals surface area contributed by atoms with Crippen LogP contribution in [0.4, 0.5) is 10.1 Å². The summed E-state index contributed by atoms with van der Waals surface area (Å²) in [6.45, 7) is 4.48. The lowest BCUT2D eigenvalue weighted by Crippen LogP contribution is -2.37. The van der Waals surface area contributed by atoms with Crippen molar-refractivity contribution in [2.45, 2.75) is 26.9 Å². The van der Waals surface area contributed by atoms with Gasteiger partial charge in [0.1, 0.15) is 12.4 Å². The van der Waals surface area contributed by atoms with Gasteiger partial charge in [0, 0.05) is 0 Å². The van der Waals surface area contributed by atoms with E-state index in [4.69, 9.17) is 4.74 Å². The number of rotatable bonds is 5. The molecule has 0 aromatic heterocycles. The van der Waals surface area contributed by atoms with Crippen LogP contribution in [0.2, 0.25) is 0 Å². The molecule has 0 saturated carbocycles. The standard InChI is InChI=1S/C13H18FNO4S/c1-9(2)19-13(16)8-15(20(4,17)18)12-6-5-11(14)7-10(12)3/h5-7,9H,8H2,1-4H3. The van der Waals surface area contributed by atoms with E-state index in [1.54, 1.807) is 20.8 Å². The van der Waals surface area contributed by atoms with Gasteiger partial charge in [-0.25, -0.2) is 12.8 Å². The molecule has 0 fully saturated rings. The number of ether oxygens (including phenoxy) is 1. The lowest BCUT2D eigenvalue weighted by molar-refractivity contribution is -0.145. The summed E-state index contributed by atoms with van der Waals surface area (Å²) in [5, 5.41) is 0. The molecule has 0 saturated heterocycles. The van der Waals surface area contributed by atoms with E-state index in [1.165, 1.54) is 12.1 Å². The van der Waals surface area contributed by atoms with Crippen LogP contribution in [0.3, 0.4) is 0 Å². The smallest absolute Gasteiger partial charge is 0.327 e. The predicted octanol–water partition coefficient (Wildman–Crippen LogP) is 1.85. The molecule has 1 aromatic carbocycles. The fourth-order valence-electron chi connectivity index (χ4n) is 1.70. The number of sulfonamides is 1. The molecule has 0 N–H and O–H groups in total. The van der Waals surface area contributed by atoms with Gasteiger partial charge in [-0.2, -0.15) is 0 Å². The number of aryl methyl sites for hydroxylation is 1. The molecule has 7 heteroatoms. The molecule has 20 heavy (non-hydrogen) atoms. The molecule has 1 rings (SSSR count). The number of hydrogen-bond acceptors (Lipinski definition) is 4. The highest BCUT2D eigenvalue weighted by molar-refractivity contribution is 7.92. The van der Waals surface area contributed by atoms with Gasteiger partial charge in [-0.05, 0) is 44.5 Å². The predicted molar refractivity (Wildman–Crippen MR) is 74.6 cm³/mol. The Hall–Kier alpha value is -1.63. The fraction of sp³-hybridized carbons (Fsp3) is 0.462. The van der Waals surface area contributed by atoms with Crippen molar-refractivity contribution in [1.29, 1.82) is 0 Å². The molecule has 5 nitrogen and oxygen atoms in total. The van der Waals surface area contributed by atoms with Gasteiger partial charge >= 0.3 is 5.97 Å². The average molecular weight is 303 g/mol. The van der Waals surface area contributed by atoms with Crippen molar-refractivity contribution in [3.8, 4) is 0 Å². The number of halogens is 1. The maximum absolute atomic E-state index is 13.1. The van der Waals surface area contributed by atoms with Crippen molar-refractivity contribution >= 4 is 21.7 Å². The number of nitrogens with zero attached hydrogens (tertiary/aromatic N) is 1. The van der Waals surface area contributed by atoms with Crippen molar-refractivity contribution in [3.63, 3.8) is 0 Å². The van der Waals surface area contributed by atoms with Gasteiger partial charge in [0.15, 0.2) is 0 Å². The number of esters is 1. The Labute approximate surface area is 118 Å². The summed E-state index contributed by atoms with van der Waals surface area (Å²) in [7, 11) is -3.67. The summed E-state index contributed by atoms with van der Waals surface area (Å²) >= 11 is 0. The lowest BCUT2D eigenvalue weighted by Gasteiger charge is -2.23. The largest absolute Gasteiger partial charge is 0.462 e. The minimum Gasteiger partial charge on any atom is -0.462 e. The van der Waals surface area contributed by atoms with Crippen LogP contribution in [0.5, 0.6) is 0 Å². The van der Waals surface area contributed by atoms with Gasteiger partial charge in [-0.3, -0.25) is 9.10 Å². The molecule has 0 spiro atoms. The van der Waals surface area contributed by atoms with E-state index >= 15 is 0 Å². The zero-order chi connectivity index (χ0) is 15.5. The summed E-state index contributed by atoms with van der Waals surface area (Å²) in [4.78, 5) is 11.7. The quantitative estimate of drug-likeness (QED) is 0.779. The van der Waals surface area contributed by atoms with Gasteiger partial charge in [0.2, 0.25) is 10.0 Å². The zero-order valence-electron chi connectivity index (χ0n) is 11.9. The molecule has 0 amide bonds. The van der Waals surface area contributed by atoms with Gasteiger partial charge in [-0.1, -0.05) is 0 Å².